The summed E-state index contributed by atoms with van der Waals surface area (Å²) in [4.78, 5) is 49.1. The van der Waals surface area contributed by atoms with Crippen LogP contribution in [-0.4, -0.2) is 76.5 Å². The third-order valence-corrected chi connectivity index (χ3v) is 7.64. The predicted octanol–water partition coefficient (Wildman–Crippen LogP) is 3.15. The standard InChI is InChI=1S/C32H38N6O5/c1-21(2)30-32(41)34-13-15-37-14-12-33-31(37)22-8-10-26(42-3)27(18-22)43-17-16-38(20-28(39)36-30)29(40)11-9-23-19-35-25-7-5-4-6-24(23)25/h4-8,10,12,14,18-19,21,30,35H,9,11,13,15-17,20H2,1-3H3,(H,34,41)(H,36,39)/t30-/m1/s1. The van der Waals surface area contributed by atoms with Gasteiger partial charge in [0.15, 0.2) is 11.5 Å². The van der Waals surface area contributed by atoms with E-state index < -0.39 is 11.9 Å². The van der Waals surface area contributed by atoms with Gasteiger partial charge in [0.1, 0.15) is 18.5 Å². The number of para-hydroxylation sites is 1. The van der Waals surface area contributed by atoms with Gasteiger partial charge in [-0.05, 0) is 42.2 Å². The van der Waals surface area contributed by atoms with E-state index in [-0.39, 0.29) is 43.8 Å². The van der Waals surface area contributed by atoms with E-state index in [0.29, 0.717) is 36.8 Å². The molecule has 1 aliphatic rings. The Bertz CT molecular complexity index is 1590. The lowest BCUT2D eigenvalue weighted by atomic mass is 10.0. The number of methoxy groups -OCH3 is 1. The maximum absolute atomic E-state index is 13.5. The van der Waals surface area contributed by atoms with Crippen molar-refractivity contribution in [3.05, 3.63) is 66.6 Å². The summed E-state index contributed by atoms with van der Waals surface area (Å²) in [7, 11) is 1.57. The first-order chi connectivity index (χ1) is 20.8. The number of carbonyl (C=O) groups is 3. The number of nitrogens with zero attached hydrogens (tertiary/aromatic N) is 3. The predicted molar refractivity (Wildman–Crippen MR) is 163 cm³/mol. The lowest BCUT2D eigenvalue weighted by Crippen LogP contribution is -2.53. The molecule has 4 aromatic rings. The lowest BCUT2D eigenvalue weighted by molar-refractivity contribution is -0.137. The zero-order valence-corrected chi connectivity index (χ0v) is 24.8. The molecule has 3 heterocycles. The van der Waals surface area contributed by atoms with Gasteiger partial charge in [0.05, 0.1) is 20.2 Å². The van der Waals surface area contributed by atoms with Gasteiger partial charge in [-0.1, -0.05) is 32.0 Å². The number of H-pyrrole nitrogens is 1. The molecule has 5 rings (SSSR count). The lowest BCUT2D eigenvalue weighted by Gasteiger charge is -2.26. The van der Waals surface area contributed by atoms with Crippen molar-refractivity contribution in [2.75, 3.05) is 33.4 Å². The van der Waals surface area contributed by atoms with Crippen molar-refractivity contribution in [3.8, 4) is 22.9 Å². The number of benzene rings is 2. The number of aryl methyl sites for hydroxylation is 1. The summed E-state index contributed by atoms with van der Waals surface area (Å²) in [6, 6.07) is 12.7. The van der Waals surface area contributed by atoms with Gasteiger partial charge >= 0.3 is 0 Å². The van der Waals surface area contributed by atoms with E-state index >= 15 is 0 Å². The Balaban J connectivity index is 1.39. The fourth-order valence-electron chi connectivity index (χ4n) is 5.31. The number of nitrogens with one attached hydrogen (secondary N) is 3. The van der Waals surface area contributed by atoms with Gasteiger partial charge in [0, 0.05) is 54.6 Å². The van der Waals surface area contributed by atoms with E-state index in [1.807, 2.05) is 73.3 Å². The van der Waals surface area contributed by atoms with Crippen LogP contribution in [0.4, 0.5) is 0 Å². The highest BCUT2D eigenvalue weighted by Gasteiger charge is 2.26. The molecule has 0 radical (unpaired) electrons. The number of aromatic nitrogens is 3. The number of ether oxygens (including phenoxy) is 2. The molecule has 226 valence electrons. The second kappa shape index (κ2) is 13.5. The van der Waals surface area contributed by atoms with Gasteiger partial charge in [-0.3, -0.25) is 14.4 Å². The minimum Gasteiger partial charge on any atom is -0.493 e. The summed E-state index contributed by atoms with van der Waals surface area (Å²) in [5.74, 6) is 0.739. The van der Waals surface area contributed by atoms with Crippen molar-refractivity contribution in [3.63, 3.8) is 0 Å². The highest BCUT2D eigenvalue weighted by molar-refractivity contribution is 5.90. The highest BCUT2D eigenvalue weighted by atomic mass is 16.5. The van der Waals surface area contributed by atoms with Crippen molar-refractivity contribution in [1.82, 2.24) is 30.1 Å². The normalized spacial score (nSPS) is 16.7. The second-order valence-corrected chi connectivity index (χ2v) is 10.9. The topological polar surface area (TPSA) is 131 Å². The third kappa shape index (κ3) is 6.99. The number of hydrogen-bond acceptors (Lipinski definition) is 6. The fraction of sp³-hybridized carbons (Fsp3) is 0.375. The van der Waals surface area contributed by atoms with Gasteiger partial charge in [-0.15, -0.1) is 0 Å². The molecule has 2 bridgehead atoms. The number of hydrogen-bond donors (Lipinski definition) is 3. The van der Waals surface area contributed by atoms with Crippen LogP contribution < -0.4 is 20.1 Å². The molecule has 11 nitrogen and oxygen atoms in total. The summed E-state index contributed by atoms with van der Waals surface area (Å²) in [5.41, 5.74) is 2.86. The maximum Gasteiger partial charge on any atom is 0.242 e. The quantitative estimate of drug-likeness (QED) is 0.329. The van der Waals surface area contributed by atoms with Crippen molar-refractivity contribution < 1.29 is 23.9 Å². The molecule has 0 aliphatic carbocycles. The number of rotatable bonds is 5. The number of amides is 3. The van der Waals surface area contributed by atoms with Crippen LogP contribution in [0.5, 0.6) is 11.5 Å². The van der Waals surface area contributed by atoms with Crippen molar-refractivity contribution in [2.24, 2.45) is 5.92 Å². The fourth-order valence-corrected chi connectivity index (χ4v) is 5.31. The second-order valence-electron chi connectivity index (χ2n) is 10.9. The smallest absolute Gasteiger partial charge is 0.242 e. The molecule has 0 spiro atoms. The number of fused-ring (bicyclic) bond motifs is 5. The largest absolute Gasteiger partial charge is 0.493 e. The molecule has 1 atom stereocenters. The average Bonchev–Trinajstić information content (AvgIpc) is 3.64. The molecular weight excluding hydrogens is 548 g/mol. The van der Waals surface area contributed by atoms with Crippen molar-refractivity contribution in [2.45, 2.75) is 39.3 Å². The molecular formula is C32H38N6O5. The van der Waals surface area contributed by atoms with Gasteiger partial charge in [0.2, 0.25) is 17.7 Å². The summed E-state index contributed by atoms with van der Waals surface area (Å²) in [5, 5.41) is 6.85. The van der Waals surface area contributed by atoms with E-state index in [4.69, 9.17) is 9.47 Å². The number of carbonyl (C=O) groups excluding carboxylic acids is 3. The van der Waals surface area contributed by atoms with Gasteiger partial charge in [-0.2, -0.15) is 0 Å². The molecule has 2 aromatic heterocycles. The molecule has 11 heteroatoms. The van der Waals surface area contributed by atoms with Crippen LogP contribution in [0, 0.1) is 5.92 Å². The van der Waals surface area contributed by atoms with E-state index in [1.54, 1.807) is 13.3 Å². The van der Waals surface area contributed by atoms with Crippen LogP contribution in [0.1, 0.15) is 25.8 Å². The Morgan fingerprint density at radius 2 is 2.00 bits per heavy atom. The van der Waals surface area contributed by atoms with Crippen molar-refractivity contribution >= 4 is 28.6 Å². The molecule has 1 aliphatic heterocycles. The van der Waals surface area contributed by atoms with Gasteiger partial charge in [-0.25, -0.2) is 4.98 Å². The Morgan fingerprint density at radius 3 is 2.81 bits per heavy atom. The Kier molecular flexibility index (Phi) is 9.29. The zero-order chi connectivity index (χ0) is 30.3. The summed E-state index contributed by atoms with van der Waals surface area (Å²) in [6.45, 7) is 4.69. The van der Waals surface area contributed by atoms with Gasteiger partial charge in [0.25, 0.3) is 0 Å². The van der Waals surface area contributed by atoms with E-state index in [1.165, 1.54) is 4.90 Å². The van der Waals surface area contributed by atoms with Crippen LogP contribution in [-0.2, 0) is 27.3 Å². The van der Waals surface area contributed by atoms with Crippen LogP contribution in [0.15, 0.2) is 61.1 Å². The van der Waals surface area contributed by atoms with Gasteiger partial charge < -0.3 is 34.6 Å². The SMILES string of the molecule is COc1ccc2cc1OCCN(C(=O)CCc1c[nH]c3ccccc13)CC(=O)N[C@H](C(C)C)C(=O)NCCn1ccnc1-2. The van der Waals surface area contributed by atoms with Crippen LogP contribution in [0.2, 0.25) is 0 Å². The Hall–Kier alpha value is -4.80. The Labute approximate surface area is 250 Å². The summed E-state index contributed by atoms with van der Waals surface area (Å²) in [6.07, 6.45) is 6.20. The maximum atomic E-state index is 13.5. The number of imidazole rings is 1. The molecule has 0 fully saturated rings. The zero-order valence-electron chi connectivity index (χ0n) is 24.8. The first-order valence-corrected chi connectivity index (χ1v) is 14.6. The minimum absolute atomic E-state index is 0.133. The minimum atomic E-state index is -0.746. The molecule has 2 aromatic carbocycles. The van der Waals surface area contributed by atoms with Crippen LogP contribution >= 0.6 is 0 Å². The van der Waals surface area contributed by atoms with E-state index in [9.17, 15) is 14.4 Å². The molecule has 0 unspecified atom stereocenters. The summed E-state index contributed by atoms with van der Waals surface area (Å²) < 4.78 is 13.6. The summed E-state index contributed by atoms with van der Waals surface area (Å²) >= 11 is 0. The van der Waals surface area contributed by atoms with E-state index in [0.717, 1.165) is 22.0 Å². The van der Waals surface area contributed by atoms with Crippen molar-refractivity contribution in [1.29, 1.82) is 0 Å². The molecule has 43 heavy (non-hydrogen) atoms. The molecule has 0 saturated carbocycles. The van der Waals surface area contributed by atoms with E-state index in [2.05, 4.69) is 20.6 Å². The Morgan fingerprint density at radius 1 is 1.16 bits per heavy atom. The number of aromatic amines is 1. The molecule has 3 amide bonds. The highest BCUT2D eigenvalue weighted by Crippen LogP contribution is 2.32. The third-order valence-electron chi connectivity index (χ3n) is 7.64. The first-order valence-electron chi connectivity index (χ1n) is 14.6. The first kappa shape index (κ1) is 29.7. The van der Waals surface area contributed by atoms with Crippen LogP contribution in [0.25, 0.3) is 22.3 Å². The molecule has 0 saturated heterocycles. The monoisotopic (exact) mass is 586 g/mol. The molecule has 3 N–H and O–H groups in total. The van der Waals surface area contributed by atoms with Crippen LogP contribution in [0.3, 0.4) is 0 Å². The average molecular weight is 587 g/mol.